The lowest BCUT2D eigenvalue weighted by molar-refractivity contribution is -0.117. The van der Waals surface area contributed by atoms with Crippen molar-refractivity contribution in [3.05, 3.63) is 35.3 Å². The van der Waals surface area contributed by atoms with Crippen molar-refractivity contribution in [3.8, 4) is 0 Å². The predicted octanol–water partition coefficient (Wildman–Crippen LogP) is 3.34. The van der Waals surface area contributed by atoms with Gasteiger partial charge in [0.25, 0.3) is 0 Å². The molecule has 130 valence electrons. The highest BCUT2D eigenvalue weighted by Gasteiger charge is 2.16. The second kappa shape index (κ2) is 9.39. The number of nitrogens with one attached hydrogen (secondary N) is 2. The molecular weight excluding hydrogens is 366 g/mol. The van der Waals surface area contributed by atoms with Gasteiger partial charge in [-0.1, -0.05) is 11.8 Å². The predicted molar refractivity (Wildman–Crippen MR) is 101 cm³/mol. The third-order valence-corrected chi connectivity index (χ3v) is 5.44. The van der Waals surface area contributed by atoms with Crippen LogP contribution < -0.4 is 10.6 Å². The number of rotatable bonds is 5. The van der Waals surface area contributed by atoms with E-state index in [0.29, 0.717) is 13.0 Å². The van der Waals surface area contributed by atoms with E-state index in [4.69, 9.17) is 4.74 Å². The largest absolute Gasteiger partial charge is 0.378 e. The minimum absolute atomic E-state index is 0. The van der Waals surface area contributed by atoms with Crippen LogP contribution in [0.4, 0.5) is 5.69 Å². The Morgan fingerprint density at radius 3 is 2.88 bits per heavy atom. The molecule has 1 saturated heterocycles. The smallest absolute Gasteiger partial charge is 0.226 e. The zero-order valence-corrected chi connectivity index (χ0v) is 15.7. The number of anilines is 1. The summed E-state index contributed by atoms with van der Waals surface area (Å²) < 4.78 is 6.39. The third kappa shape index (κ3) is 5.75. The van der Waals surface area contributed by atoms with E-state index >= 15 is 0 Å². The van der Waals surface area contributed by atoms with E-state index < -0.39 is 0 Å². The second-order valence-corrected chi connectivity index (χ2v) is 7.54. The molecule has 1 aliphatic rings. The standard InChI is InChI=1S/C16H19N3O2S2.ClH/c1-11-10-22-16(18-11)23-14-4-2-12(3-5-14)19-15(20)8-13-9-21-7-6-17-13;/h2-5,10,13,17H,6-9H2,1H3,(H,19,20);1H. The summed E-state index contributed by atoms with van der Waals surface area (Å²) in [7, 11) is 0. The molecule has 0 spiro atoms. The van der Waals surface area contributed by atoms with Crippen LogP contribution in [0.15, 0.2) is 38.9 Å². The van der Waals surface area contributed by atoms with Crippen molar-refractivity contribution in [3.63, 3.8) is 0 Å². The lowest BCUT2D eigenvalue weighted by atomic mass is 10.2. The van der Waals surface area contributed by atoms with Crippen molar-refractivity contribution in [1.29, 1.82) is 0 Å². The number of aryl methyl sites for hydroxylation is 1. The number of hydrogen-bond acceptors (Lipinski definition) is 6. The summed E-state index contributed by atoms with van der Waals surface area (Å²) in [6.45, 7) is 4.11. The first-order valence-corrected chi connectivity index (χ1v) is 9.20. The number of carbonyl (C=O) groups is 1. The maximum absolute atomic E-state index is 12.0. The Hall–Kier alpha value is -1.12. The maximum Gasteiger partial charge on any atom is 0.226 e. The molecule has 2 aromatic rings. The van der Waals surface area contributed by atoms with Crippen LogP contribution in [0.1, 0.15) is 12.1 Å². The van der Waals surface area contributed by atoms with Crippen LogP contribution in [-0.2, 0) is 9.53 Å². The summed E-state index contributed by atoms with van der Waals surface area (Å²) in [4.78, 5) is 17.6. The van der Waals surface area contributed by atoms with Gasteiger partial charge in [-0.3, -0.25) is 4.79 Å². The molecule has 3 rings (SSSR count). The van der Waals surface area contributed by atoms with Gasteiger partial charge in [0, 0.05) is 40.7 Å². The number of benzene rings is 1. The monoisotopic (exact) mass is 385 g/mol. The molecule has 2 heterocycles. The first-order valence-electron chi connectivity index (χ1n) is 7.50. The van der Waals surface area contributed by atoms with Gasteiger partial charge in [-0.15, -0.1) is 23.7 Å². The molecule has 1 aliphatic heterocycles. The highest BCUT2D eigenvalue weighted by molar-refractivity contribution is 8.01. The summed E-state index contributed by atoms with van der Waals surface area (Å²) in [5, 5.41) is 8.25. The van der Waals surface area contributed by atoms with Crippen LogP contribution in [-0.4, -0.2) is 36.7 Å². The van der Waals surface area contributed by atoms with Gasteiger partial charge in [-0.05, 0) is 31.2 Å². The molecule has 1 aromatic heterocycles. The average molecular weight is 386 g/mol. The summed E-state index contributed by atoms with van der Waals surface area (Å²) in [6, 6.07) is 7.95. The normalized spacial score (nSPS) is 17.1. The molecule has 5 nitrogen and oxygen atoms in total. The molecule has 0 aliphatic carbocycles. The minimum atomic E-state index is 0. The number of aromatic nitrogens is 1. The fraction of sp³-hybridized carbons (Fsp3) is 0.375. The van der Waals surface area contributed by atoms with Crippen LogP contribution in [0.3, 0.4) is 0 Å². The van der Waals surface area contributed by atoms with Crippen molar-refractivity contribution >= 4 is 47.1 Å². The summed E-state index contributed by atoms with van der Waals surface area (Å²) in [5.74, 6) is 0.00366. The summed E-state index contributed by atoms with van der Waals surface area (Å²) in [6.07, 6.45) is 0.425. The van der Waals surface area contributed by atoms with Gasteiger partial charge in [-0.25, -0.2) is 4.98 Å². The number of thiazole rings is 1. The van der Waals surface area contributed by atoms with E-state index in [1.807, 2.05) is 36.6 Å². The van der Waals surface area contributed by atoms with Crippen molar-refractivity contribution in [2.75, 3.05) is 25.1 Å². The molecule has 2 N–H and O–H groups in total. The fourth-order valence-electron chi connectivity index (χ4n) is 2.27. The molecule has 1 amide bonds. The Bertz CT molecular complexity index is 658. The van der Waals surface area contributed by atoms with Crippen molar-refractivity contribution in [2.24, 2.45) is 0 Å². The van der Waals surface area contributed by atoms with Gasteiger partial charge < -0.3 is 15.4 Å². The number of amides is 1. The van der Waals surface area contributed by atoms with E-state index in [-0.39, 0.29) is 24.4 Å². The fourth-order valence-corrected chi connectivity index (χ4v) is 4.08. The van der Waals surface area contributed by atoms with E-state index in [2.05, 4.69) is 15.6 Å². The number of hydrogen-bond donors (Lipinski definition) is 2. The lowest BCUT2D eigenvalue weighted by Gasteiger charge is -2.23. The van der Waals surface area contributed by atoms with Crippen molar-refractivity contribution in [2.45, 2.75) is 28.6 Å². The van der Waals surface area contributed by atoms with Crippen molar-refractivity contribution < 1.29 is 9.53 Å². The van der Waals surface area contributed by atoms with Crippen molar-refractivity contribution in [1.82, 2.24) is 10.3 Å². The van der Waals surface area contributed by atoms with Gasteiger partial charge >= 0.3 is 0 Å². The SMILES string of the molecule is Cc1csc(Sc2ccc(NC(=O)CC3COCCN3)cc2)n1.Cl. The number of carbonyl (C=O) groups excluding carboxylic acids is 1. The molecule has 0 saturated carbocycles. The minimum Gasteiger partial charge on any atom is -0.378 e. The molecule has 8 heteroatoms. The highest BCUT2D eigenvalue weighted by Crippen LogP contribution is 2.30. The Labute approximate surface area is 156 Å². The molecule has 0 radical (unpaired) electrons. The summed E-state index contributed by atoms with van der Waals surface area (Å²) >= 11 is 3.27. The highest BCUT2D eigenvalue weighted by atomic mass is 35.5. The average Bonchev–Trinajstić information content (AvgIpc) is 2.95. The molecule has 1 aromatic carbocycles. The number of halogens is 1. The third-order valence-electron chi connectivity index (χ3n) is 3.37. The van der Waals surface area contributed by atoms with Crippen LogP contribution in [0.25, 0.3) is 0 Å². The van der Waals surface area contributed by atoms with E-state index in [1.54, 1.807) is 23.1 Å². The Morgan fingerprint density at radius 2 is 2.25 bits per heavy atom. The van der Waals surface area contributed by atoms with E-state index in [9.17, 15) is 4.79 Å². The molecule has 1 fully saturated rings. The molecular formula is C16H20ClN3O2S2. The quantitative estimate of drug-likeness (QED) is 0.826. The maximum atomic E-state index is 12.0. The van der Waals surface area contributed by atoms with Gasteiger partial charge in [0.05, 0.1) is 13.2 Å². The number of nitrogens with zero attached hydrogens (tertiary/aromatic N) is 1. The lowest BCUT2D eigenvalue weighted by Crippen LogP contribution is -2.43. The first-order chi connectivity index (χ1) is 11.2. The van der Waals surface area contributed by atoms with Crippen LogP contribution in [0, 0.1) is 6.92 Å². The van der Waals surface area contributed by atoms with Gasteiger partial charge in [0.15, 0.2) is 4.34 Å². The second-order valence-electron chi connectivity index (χ2n) is 5.36. The Morgan fingerprint density at radius 1 is 1.46 bits per heavy atom. The molecule has 24 heavy (non-hydrogen) atoms. The molecule has 1 atom stereocenters. The van der Waals surface area contributed by atoms with Gasteiger partial charge in [-0.2, -0.15) is 0 Å². The zero-order chi connectivity index (χ0) is 16.1. The van der Waals surface area contributed by atoms with Crippen LogP contribution in [0.5, 0.6) is 0 Å². The Kier molecular flexibility index (Phi) is 7.51. The van der Waals surface area contributed by atoms with E-state index in [1.165, 1.54) is 0 Å². The zero-order valence-electron chi connectivity index (χ0n) is 13.3. The Balaban J connectivity index is 0.00000208. The van der Waals surface area contributed by atoms with Gasteiger partial charge in [0.1, 0.15) is 0 Å². The van der Waals surface area contributed by atoms with Gasteiger partial charge in [0.2, 0.25) is 5.91 Å². The van der Waals surface area contributed by atoms with Crippen LogP contribution in [0.2, 0.25) is 0 Å². The number of ether oxygens (including phenoxy) is 1. The number of morpholine rings is 1. The first kappa shape index (κ1) is 19.2. The summed E-state index contributed by atoms with van der Waals surface area (Å²) in [5.41, 5.74) is 1.85. The molecule has 0 bridgehead atoms. The topological polar surface area (TPSA) is 63.2 Å². The van der Waals surface area contributed by atoms with Crippen LogP contribution >= 0.6 is 35.5 Å². The van der Waals surface area contributed by atoms with E-state index in [0.717, 1.165) is 33.8 Å². The molecule has 1 unspecified atom stereocenters.